The van der Waals surface area contributed by atoms with Gasteiger partial charge in [0.05, 0.1) is 24.9 Å². The van der Waals surface area contributed by atoms with Gasteiger partial charge in [-0.3, -0.25) is 4.79 Å². The summed E-state index contributed by atoms with van der Waals surface area (Å²) in [7, 11) is 1.41. The van der Waals surface area contributed by atoms with Gasteiger partial charge in [0.15, 0.2) is 0 Å². The third kappa shape index (κ3) is 3.27. The van der Waals surface area contributed by atoms with Crippen molar-refractivity contribution in [1.29, 1.82) is 0 Å². The molecule has 112 valence electrons. The maximum atomic E-state index is 11.6. The number of carbonyl (C=O) groups excluding carboxylic acids is 1. The molecule has 2 rings (SSSR count). The van der Waals surface area contributed by atoms with E-state index in [1.807, 2.05) is 35.9 Å². The van der Waals surface area contributed by atoms with E-state index in [9.17, 15) is 4.79 Å². The van der Waals surface area contributed by atoms with Gasteiger partial charge in [-0.05, 0) is 37.1 Å². The lowest BCUT2D eigenvalue weighted by atomic mass is 10.1. The van der Waals surface area contributed by atoms with Crippen molar-refractivity contribution in [3.8, 4) is 5.69 Å². The van der Waals surface area contributed by atoms with Gasteiger partial charge in [0.25, 0.3) is 0 Å². The molecule has 0 radical (unpaired) electrons. The summed E-state index contributed by atoms with van der Waals surface area (Å²) < 4.78 is 6.69. The average molecular weight is 307 g/mol. The van der Waals surface area contributed by atoms with Gasteiger partial charge in [-0.1, -0.05) is 25.4 Å². The Morgan fingerprint density at radius 2 is 1.90 bits per heavy atom. The second kappa shape index (κ2) is 6.76. The van der Waals surface area contributed by atoms with Crippen molar-refractivity contribution in [1.82, 2.24) is 9.78 Å². The lowest BCUT2D eigenvalue weighted by Crippen LogP contribution is -2.08. The summed E-state index contributed by atoms with van der Waals surface area (Å²) in [6, 6.07) is 7.53. The van der Waals surface area contributed by atoms with E-state index in [-0.39, 0.29) is 12.4 Å². The average Bonchev–Trinajstić information content (AvgIpc) is 2.85. The molecule has 0 spiro atoms. The van der Waals surface area contributed by atoms with Crippen LogP contribution >= 0.6 is 11.6 Å². The van der Waals surface area contributed by atoms with E-state index in [4.69, 9.17) is 16.3 Å². The molecule has 0 saturated carbocycles. The number of methoxy groups -OCH3 is 1. The fourth-order valence-corrected chi connectivity index (χ4v) is 2.53. The van der Waals surface area contributed by atoms with E-state index in [0.717, 1.165) is 35.5 Å². The molecule has 0 fully saturated rings. The van der Waals surface area contributed by atoms with E-state index in [0.29, 0.717) is 5.02 Å². The quantitative estimate of drug-likeness (QED) is 0.796. The zero-order valence-electron chi connectivity index (χ0n) is 12.5. The number of esters is 1. The molecule has 0 aliphatic carbocycles. The monoisotopic (exact) mass is 306 g/mol. The van der Waals surface area contributed by atoms with Crippen molar-refractivity contribution in [2.45, 2.75) is 33.1 Å². The molecule has 0 saturated heterocycles. The molecule has 2 aromatic rings. The number of aromatic nitrogens is 2. The van der Waals surface area contributed by atoms with Gasteiger partial charge >= 0.3 is 5.97 Å². The lowest BCUT2D eigenvalue weighted by molar-refractivity contribution is -0.139. The third-order valence-electron chi connectivity index (χ3n) is 3.46. The molecule has 0 unspecified atom stereocenters. The molecular weight excluding hydrogens is 288 g/mol. The van der Waals surface area contributed by atoms with Crippen molar-refractivity contribution in [2.75, 3.05) is 7.11 Å². The zero-order valence-corrected chi connectivity index (χ0v) is 13.3. The maximum Gasteiger partial charge on any atom is 0.310 e. The highest BCUT2D eigenvalue weighted by atomic mass is 35.5. The van der Waals surface area contributed by atoms with E-state index >= 15 is 0 Å². The third-order valence-corrected chi connectivity index (χ3v) is 3.71. The van der Waals surface area contributed by atoms with Crippen LogP contribution in [0.1, 0.15) is 30.8 Å². The minimum Gasteiger partial charge on any atom is -0.469 e. The van der Waals surface area contributed by atoms with Gasteiger partial charge in [-0.2, -0.15) is 5.10 Å². The number of benzene rings is 1. The smallest absolute Gasteiger partial charge is 0.310 e. The first kappa shape index (κ1) is 15.6. The van der Waals surface area contributed by atoms with E-state index in [2.05, 4.69) is 12.0 Å². The number of aryl methyl sites for hydroxylation is 1. The fraction of sp³-hybridized carbons (Fsp3) is 0.375. The predicted octanol–water partition coefficient (Wildman–Crippen LogP) is 3.37. The van der Waals surface area contributed by atoms with Crippen LogP contribution in [-0.2, 0) is 28.8 Å². The highest BCUT2D eigenvalue weighted by molar-refractivity contribution is 6.30. The Bertz CT molecular complexity index is 632. The number of hydrogen-bond acceptors (Lipinski definition) is 3. The first-order chi connectivity index (χ1) is 10.1. The summed E-state index contributed by atoms with van der Waals surface area (Å²) in [4.78, 5) is 11.6. The Morgan fingerprint density at radius 1 is 1.24 bits per heavy atom. The summed E-state index contributed by atoms with van der Waals surface area (Å²) in [5, 5.41) is 5.34. The number of rotatable bonds is 5. The molecule has 0 N–H and O–H groups in total. The number of ether oxygens (including phenoxy) is 1. The van der Waals surface area contributed by atoms with Crippen molar-refractivity contribution >= 4 is 17.6 Å². The Hall–Kier alpha value is -1.81. The van der Waals surface area contributed by atoms with E-state index in [1.165, 1.54) is 7.11 Å². The predicted molar refractivity (Wildman–Crippen MR) is 83.1 cm³/mol. The molecule has 0 aliphatic heterocycles. The molecule has 5 heteroatoms. The Kier molecular flexibility index (Phi) is 5.02. The summed E-state index contributed by atoms with van der Waals surface area (Å²) in [6.45, 7) is 4.10. The molecule has 1 heterocycles. The molecule has 21 heavy (non-hydrogen) atoms. The molecule has 4 nitrogen and oxygen atoms in total. The minimum atomic E-state index is -0.241. The first-order valence-electron chi connectivity index (χ1n) is 7.03. The molecule has 1 aromatic heterocycles. The van der Waals surface area contributed by atoms with Gasteiger partial charge in [-0.15, -0.1) is 0 Å². The molecule has 0 aliphatic rings. The van der Waals surface area contributed by atoms with Crippen LogP contribution in [0.2, 0.25) is 5.02 Å². The van der Waals surface area contributed by atoms with Crippen LogP contribution in [0.5, 0.6) is 0 Å². The van der Waals surface area contributed by atoms with Crippen molar-refractivity contribution in [2.24, 2.45) is 0 Å². The fourth-order valence-electron chi connectivity index (χ4n) is 2.40. The normalized spacial score (nSPS) is 10.7. The van der Waals surface area contributed by atoms with E-state index < -0.39 is 0 Å². The van der Waals surface area contributed by atoms with E-state index in [1.54, 1.807) is 0 Å². The highest BCUT2D eigenvalue weighted by Gasteiger charge is 2.19. The Balaban J connectivity index is 2.51. The standard InChI is InChI=1S/C16H19ClN2O2/c1-4-14-13(10-16(20)21-3)15(5-2)19(18-14)12-8-6-11(17)7-9-12/h6-9H,4-5,10H2,1-3H3. The second-order valence-corrected chi connectivity index (χ2v) is 5.16. The number of hydrogen-bond donors (Lipinski definition) is 0. The molecule has 0 amide bonds. The zero-order chi connectivity index (χ0) is 15.4. The van der Waals surface area contributed by atoms with Crippen LogP contribution in [0.15, 0.2) is 24.3 Å². The minimum absolute atomic E-state index is 0.241. The maximum absolute atomic E-state index is 11.6. The lowest BCUT2D eigenvalue weighted by Gasteiger charge is -2.07. The second-order valence-electron chi connectivity index (χ2n) is 4.72. The summed E-state index contributed by atoms with van der Waals surface area (Å²) in [5.74, 6) is -0.241. The largest absolute Gasteiger partial charge is 0.469 e. The molecular formula is C16H19ClN2O2. The van der Waals surface area contributed by atoms with Gasteiger partial charge in [0, 0.05) is 16.3 Å². The summed E-state index contributed by atoms with van der Waals surface area (Å²) in [6.07, 6.45) is 1.83. The van der Waals surface area contributed by atoms with Gasteiger partial charge in [0.1, 0.15) is 0 Å². The summed E-state index contributed by atoms with van der Waals surface area (Å²) in [5.41, 5.74) is 3.90. The molecule has 1 aromatic carbocycles. The topological polar surface area (TPSA) is 44.1 Å². The van der Waals surface area contributed by atoms with Gasteiger partial charge in [-0.25, -0.2) is 4.68 Å². The van der Waals surface area contributed by atoms with Gasteiger partial charge < -0.3 is 4.74 Å². The van der Waals surface area contributed by atoms with Crippen LogP contribution in [0.3, 0.4) is 0 Å². The van der Waals surface area contributed by atoms with Crippen molar-refractivity contribution in [3.05, 3.63) is 46.2 Å². The van der Waals surface area contributed by atoms with Crippen molar-refractivity contribution < 1.29 is 9.53 Å². The van der Waals surface area contributed by atoms with Crippen LogP contribution in [-0.4, -0.2) is 22.9 Å². The Morgan fingerprint density at radius 3 is 2.43 bits per heavy atom. The SMILES string of the molecule is CCc1nn(-c2ccc(Cl)cc2)c(CC)c1CC(=O)OC. The van der Waals surface area contributed by atoms with Gasteiger partial charge in [0.2, 0.25) is 0 Å². The van der Waals surface area contributed by atoms with Crippen LogP contribution in [0, 0.1) is 0 Å². The molecule has 0 bridgehead atoms. The molecule has 0 atom stereocenters. The van der Waals surface area contributed by atoms with Crippen LogP contribution in [0.4, 0.5) is 0 Å². The first-order valence-corrected chi connectivity index (χ1v) is 7.40. The highest BCUT2D eigenvalue weighted by Crippen LogP contribution is 2.22. The summed E-state index contributed by atoms with van der Waals surface area (Å²) >= 11 is 5.93. The number of nitrogens with zero attached hydrogens (tertiary/aromatic N) is 2. The van der Waals surface area contributed by atoms with Crippen LogP contribution in [0.25, 0.3) is 5.69 Å². The van der Waals surface area contributed by atoms with Crippen molar-refractivity contribution in [3.63, 3.8) is 0 Å². The number of halogens is 1. The van der Waals surface area contributed by atoms with Crippen LogP contribution < -0.4 is 0 Å². The number of carbonyl (C=O) groups is 1. The Labute approximate surface area is 129 Å².